The van der Waals surface area contributed by atoms with Crippen LogP contribution in [0.1, 0.15) is 6.92 Å². The molecule has 7 aliphatic rings. The van der Waals surface area contributed by atoms with Crippen molar-refractivity contribution in [1.29, 1.82) is 0 Å². The van der Waals surface area contributed by atoms with Crippen LogP contribution in [0, 0.1) is 0 Å². The van der Waals surface area contributed by atoms with E-state index < -0.39 is 254 Å². The predicted octanol–water partition coefficient (Wildman–Crippen LogP) is -15.2. The van der Waals surface area contributed by atoms with E-state index in [4.69, 9.17) is 61.6 Å². The molecule has 0 saturated carbocycles. The number of aliphatic hydroxyl groups excluding tert-OH is 21. The average molecular weight is 1150 g/mol. The van der Waals surface area contributed by atoms with E-state index in [2.05, 4.69) is 0 Å². The van der Waals surface area contributed by atoms with Gasteiger partial charge in [0.25, 0.3) is 0 Å². The molecule has 0 bridgehead atoms. The summed E-state index contributed by atoms with van der Waals surface area (Å²) in [6.45, 7) is -3.30. The van der Waals surface area contributed by atoms with Crippen molar-refractivity contribution in [2.45, 2.75) is 222 Å². The van der Waals surface area contributed by atoms with Crippen LogP contribution in [0.3, 0.4) is 0 Å². The highest BCUT2D eigenvalue weighted by Crippen LogP contribution is 2.37. The zero-order valence-corrected chi connectivity index (χ0v) is 40.8. The van der Waals surface area contributed by atoms with Crippen molar-refractivity contribution < 1.29 is 179 Å². The number of hydrogen-bond donors (Lipinski definition) is 22. The van der Waals surface area contributed by atoms with Gasteiger partial charge in [-0.3, -0.25) is 0 Å². The fourth-order valence-electron chi connectivity index (χ4n) is 9.67. The molecular weight excluding hydrogens is 1080 g/mol. The van der Waals surface area contributed by atoms with Crippen LogP contribution in [-0.4, -0.2) is 366 Å². The van der Waals surface area contributed by atoms with Gasteiger partial charge in [0.2, 0.25) is 0 Å². The molecule has 0 aliphatic carbocycles. The molecule has 36 nitrogen and oxygen atoms in total. The lowest BCUT2D eigenvalue weighted by Gasteiger charge is -2.50. The van der Waals surface area contributed by atoms with Gasteiger partial charge >= 0.3 is 5.97 Å². The summed E-state index contributed by atoms with van der Waals surface area (Å²) in [6, 6.07) is 0. The first-order valence-corrected chi connectivity index (χ1v) is 24.5. The standard InChI is InChI=1S/C42H70O36/c1-7-13(46)18(51)24(57)37(68-7)66-5-11-16(49)20(53)25(58)38(72-11)67-6-12-17(50)21(54)27(60)40(73-12)75-31-23(56)28(61)41(78-34(31)35(63)64)77-33-22(55)15(48)9(3-44)71-42(33)76-32-29(62)36(65)69-10(4-45)30(32)74-39-26(59)19(52)14(47)8(2-43)70-39/h7-34,36-62,65H,2-6H2,1H3,(H,63,64)/t7-,8+,9+,10+,11+,12+,13-,14+,15+,16+,17+,18+,19-,20-,21-,22-,23+,24+,25+,26+,27+,28+,29+,30+,31-,32+,33-,34-,36+,37+,38+,39-,40-,41+,42-/m0/s1. The van der Waals surface area contributed by atoms with E-state index >= 15 is 0 Å². The molecule has 7 rings (SSSR count). The van der Waals surface area contributed by atoms with Crippen molar-refractivity contribution in [3.05, 3.63) is 0 Å². The molecule has 7 heterocycles. The molecule has 0 amide bonds. The lowest BCUT2D eigenvalue weighted by atomic mass is 9.95. The summed E-state index contributed by atoms with van der Waals surface area (Å²) in [6.07, 6.45) is -70.2. The average Bonchev–Trinajstić information content (AvgIpc) is 3.43. The lowest BCUT2D eigenvalue weighted by Crippen LogP contribution is -2.68. The normalized spacial score (nSPS) is 53.4. The number of carboxylic acid groups (broad SMARTS) is 1. The van der Waals surface area contributed by atoms with E-state index in [0.717, 1.165) is 0 Å². The number of carboxylic acids is 1. The number of hydrogen-bond acceptors (Lipinski definition) is 35. The van der Waals surface area contributed by atoms with Gasteiger partial charge < -0.3 is 174 Å². The van der Waals surface area contributed by atoms with Crippen LogP contribution in [-0.2, 0) is 66.4 Å². The summed E-state index contributed by atoms with van der Waals surface area (Å²) in [5.74, 6) is -1.99. The van der Waals surface area contributed by atoms with Crippen molar-refractivity contribution in [3.8, 4) is 0 Å². The minimum atomic E-state index is -2.49. The van der Waals surface area contributed by atoms with Crippen LogP contribution in [0.25, 0.3) is 0 Å². The number of aliphatic carboxylic acids is 1. The summed E-state index contributed by atoms with van der Waals surface area (Å²) in [4.78, 5) is 12.8. The Morgan fingerprint density at radius 2 is 0.692 bits per heavy atom. The summed E-state index contributed by atoms with van der Waals surface area (Å²) in [5.41, 5.74) is 0. The Bertz CT molecular complexity index is 1880. The topological polar surface area (TPSA) is 582 Å². The molecule has 0 radical (unpaired) electrons. The zero-order chi connectivity index (χ0) is 57.5. The zero-order valence-electron chi connectivity index (χ0n) is 40.8. The molecule has 36 heteroatoms. The van der Waals surface area contributed by atoms with Gasteiger partial charge in [-0.25, -0.2) is 4.79 Å². The van der Waals surface area contributed by atoms with Crippen molar-refractivity contribution >= 4 is 5.97 Å². The second kappa shape index (κ2) is 26.8. The third kappa shape index (κ3) is 13.1. The molecule has 0 spiro atoms. The molecule has 0 aromatic heterocycles. The van der Waals surface area contributed by atoms with Crippen molar-refractivity contribution in [3.63, 3.8) is 0 Å². The number of aliphatic hydroxyl groups is 21. The maximum Gasteiger partial charge on any atom is 0.335 e. The maximum absolute atomic E-state index is 12.8. The third-order valence-corrected chi connectivity index (χ3v) is 14.4. The molecule has 7 aliphatic heterocycles. The quantitative estimate of drug-likeness (QED) is 0.0606. The van der Waals surface area contributed by atoms with Crippen molar-refractivity contribution in [2.75, 3.05) is 33.0 Å². The fourth-order valence-corrected chi connectivity index (χ4v) is 9.67. The van der Waals surface area contributed by atoms with Gasteiger partial charge in [0.1, 0.15) is 159 Å². The fraction of sp³-hybridized carbons (Fsp3) is 0.976. The number of carbonyl (C=O) groups is 1. The van der Waals surface area contributed by atoms with E-state index in [0.29, 0.717) is 0 Å². The molecule has 35 atom stereocenters. The van der Waals surface area contributed by atoms with Gasteiger partial charge in [-0.1, -0.05) is 0 Å². The maximum atomic E-state index is 12.8. The largest absolute Gasteiger partial charge is 0.479 e. The number of rotatable bonds is 18. The third-order valence-electron chi connectivity index (χ3n) is 14.4. The second-order valence-electron chi connectivity index (χ2n) is 19.7. The molecule has 0 unspecified atom stereocenters. The van der Waals surface area contributed by atoms with Crippen molar-refractivity contribution in [1.82, 2.24) is 0 Å². The first kappa shape index (κ1) is 63.7. The highest BCUT2D eigenvalue weighted by Gasteiger charge is 2.58. The molecule has 78 heavy (non-hydrogen) atoms. The van der Waals surface area contributed by atoms with Crippen LogP contribution >= 0.6 is 0 Å². The Labute approximate surface area is 439 Å². The molecule has 7 fully saturated rings. The molecule has 0 aromatic carbocycles. The van der Waals surface area contributed by atoms with Crippen LogP contribution < -0.4 is 0 Å². The summed E-state index contributed by atoms with van der Waals surface area (Å²) in [5, 5.41) is 233. The van der Waals surface area contributed by atoms with Crippen LogP contribution in [0.5, 0.6) is 0 Å². The Balaban J connectivity index is 1.04. The van der Waals surface area contributed by atoms with E-state index in [1.54, 1.807) is 0 Å². The van der Waals surface area contributed by atoms with Gasteiger partial charge in [-0.15, -0.1) is 0 Å². The van der Waals surface area contributed by atoms with Crippen LogP contribution in [0.4, 0.5) is 0 Å². The summed E-state index contributed by atoms with van der Waals surface area (Å²) < 4.78 is 71.9. The van der Waals surface area contributed by atoms with E-state index in [9.17, 15) is 117 Å². The van der Waals surface area contributed by atoms with Crippen LogP contribution in [0.15, 0.2) is 0 Å². The Hall–Kier alpha value is -1.89. The van der Waals surface area contributed by atoms with Crippen molar-refractivity contribution in [2.24, 2.45) is 0 Å². The minimum absolute atomic E-state index is 0.695. The minimum Gasteiger partial charge on any atom is -0.479 e. The highest BCUT2D eigenvalue weighted by molar-refractivity contribution is 5.73. The monoisotopic (exact) mass is 1150 g/mol. The molecular formula is C42H70O36. The van der Waals surface area contributed by atoms with E-state index in [1.165, 1.54) is 6.92 Å². The lowest BCUT2D eigenvalue weighted by molar-refractivity contribution is -0.402. The van der Waals surface area contributed by atoms with Gasteiger partial charge in [0.15, 0.2) is 50.1 Å². The SMILES string of the molecule is C[C@@H]1O[C@@H](OC[C@H]2O[C@@H](OC[C@H]3O[C@@H](O[C@H]4[C@H](O)[C@@H](O)[C@H](O[C@@H]5[C@H](O[C@@H]6[C@@H](O)[C@H](O)O[C@H](CO)[C@H]6O[C@@H]6O[C@H](CO)[C@@H](O)[C@H](O)[C@H]6O)O[C@H](CO)[C@@H](O)[C@@H]5O)O[C@@H]4C(=O)O)[C@H](O)[C@@H](O)[C@@H]3O)[C@H](O)[C@@H](O)[C@@H]2O)[C@H](O)[C@H](O)[C@H]1O. The Morgan fingerprint density at radius 1 is 0.333 bits per heavy atom. The first-order chi connectivity index (χ1) is 36.8. The smallest absolute Gasteiger partial charge is 0.335 e. The molecule has 0 aromatic rings. The molecule has 7 saturated heterocycles. The van der Waals surface area contributed by atoms with E-state index in [-0.39, 0.29) is 0 Å². The Morgan fingerprint density at radius 3 is 1.21 bits per heavy atom. The van der Waals surface area contributed by atoms with Gasteiger partial charge in [-0.05, 0) is 6.92 Å². The van der Waals surface area contributed by atoms with Gasteiger partial charge in [0.05, 0.1) is 39.1 Å². The second-order valence-corrected chi connectivity index (χ2v) is 19.7. The van der Waals surface area contributed by atoms with Crippen LogP contribution in [0.2, 0.25) is 0 Å². The molecule has 454 valence electrons. The molecule has 22 N–H and O–H groups in total. The highest BCUT2D eigenvalue weighted by atomic mass is 16.8. The predicted molar refractivity (Wildman–Crippen MR) is 231 cm³/mol. The first-order valence-electron chi connectivity index (χ1n) is 24.5. The summed E-state index contributed by atoms with van der Waals surface area (Å²) >= 11 is 0. The Kier molecular flexibility index (Phi) is 21.9. The number of ether oxygens (including phenoxy) is 13. The summed E-state index contributed by atoms with van der Waals surface area (Å²) in [7, 11) is 0. The van der Waals surface area contributed by atoms with Gasteiger partial charge in [-0.2, -0.15) is 0 Å². The van der Waals surface area contributed by atoms with E-state index in [1.807, 2.05) is 0 Å². The van der Waals surface area contributed by atoms with Gasteiger partial charge in [0, 0.05) is 0 Å².